The first kappa shape index (κ1) is 25.6. The van der Waals surface area contributed by atoms with E-state index in [-0.39, 0.29) is 34.6 Å². The molecule has 0 aliphatic heterocycles. The predicted molar refractivity (Wildman–Crippen MR) is 143 cm³/mol. The number of fused-ring (bicyclic) bond motifs is 5. The molecule has 4 nitrogen and oxygen atoms in total. The summed E-state index contributed by atoms with van der Waals surface area (Å²) < 4.78 is 1.08. The Bertz CT molecular complexity index is 1020. The minimum atomic E-state index is 0.0178. The molecule has 6 unspecified atom stereocenters. The van der Waals surface area contributed by atoms with Crippen LogP contribution in [-0.4, -0.2) is 17.5 Å². The Hall–Kier alpha value is -1.01. The Morgan fingerprint density at radius 3 is 2.54 bits per heavy atom. The van der Waals surface area contributed by atoms with Gasteiger partial charge >= 0.3 is 0 Å². The summed E-state index contributed by atoms with van der Waals surface area (Å²) in [4.78, 5) is 39.9. The van der Waals surface area contributed by atoms with E-state index in [0.29, 0.717) is 60.9 Å². The normalized spacial score (nSPS) is 40.4. The summed E-state index contributed by atoms with van der Waals surface area (Å²) in [7, 11) is 0. The second-order valence-corrected chi connectivity index (χ2v) is 15.2. The van der Waals surface area contributed by atoms with Crippen LogP contribution in [0.15, 0.2) is 15.9 Å². The number of rotatable bonds is 5. The van der Waals surface area contributed by atoms with E-state index >= 15 is 0 Å². The van der Waals surface area contributed by atoms with E-state index < -0.39 is 0 Å². The van der Waals surface area contributed by atoms with Crippen LogP contribution in [0, 0.1) is 46.3 Å². The van der Waals surface area contributed by atoms with Gasteiger partial charge in [0, 0.05) is 36.5 Å². The Labute approximate surface area is 222 Å². The van der Waals surface area contributed by atoms with E-state index in [1.807, 2.05) is 6.07 Å². The van der Waals surface area contributed by atoms with Crippen LogP contribution < -0.4 is 5.32 Å². The summed E-state index contributed by atoms with van der Waals surface area (Å²) in [5.41, 5.74) is 0.277. The van der Waals surface area contributed by atoms with Crippen molar-refractivity contribution >= 4 is 44.7 Å². The Balaban J connectivity index is 1.27. The smallest absolute Gasteiger partial charge is 0.220 e. The number of ketones is 2. The molecule has 4 fully saturated rings. The average molecular weight is 563 g/mol. The summed E-state index contributed by atoms with van der Waals surface area (Å²) in [5, 5.41) is 3.21. The van der Waals surface area contributed by atoms with Gasteiger partial charge in [0.05, 0.1) is 9.83 Å². The molecule has 0 spiro atoms. The van der Waals surface area contributed by atoms with Gasteiger partial charge in [0.25, 0.3) is 0 Å². The number of thiophene rings is 1. The molecule has 1 heterocycles. The van der Waals surface area contributed by atoms with E-state index in [4.69, 9.17) is 0 Å². The second-order valence-electron chi connectivity index (χ2n) is 12.7. The summed E-state index contributed by atoms with van der Waals surface area (Å²) >= 11 is 5.18. The zero-order valence-electron chi connectivity index (χ0n) is 21.6. The molecule has 0 bridgehead atoms. The number of Topliss-reactive ketones (excluding diaryl/α,β-unsaturated/α-hetero) is 2. The van der Waals surface area contributed by atoms with Crippen LogP contribution in [0.3, 0.4) is 0 Å². The monoisotopic (exact) mass is 561 g/mol. The Morgan fingerprint density at radius 1 is 1.09 bits per heavy atom. The summed E-state index contributed by atoms with van der Waals surface area (Å²) in [5.74, 6) is 2.99. The molecule has 35 heavy (non-hydrogen) atoms. The van der Waals surface area contributed by atoms with Gasteiger partial charge < -0.3 is 5.32 Å². The van der Waals surface area contributed by atoms with Crippen molar-refractivity contribution in [3.63, 3.8) is 0 Å². The van der Waals surface area contributed by atoms with Gasteiger partial charge in [-0.15, -0.1) is 11.3 Å². The molecule has 0 saturated heterocycles. The maximum atomic E-state index is 13.6. The van der Waals surface area contributed by atoms with Crippen LogP contribution in [0.5, 0.6) is 0 Å². The van der Waals surface area contributed by atoms with E-state index in [2.05, 4.69) is 55.0 Å². The largest absolute Gasteiger partial charge is 0.349 e. The molecular weight excluding hydrogens is 522 g/mol. The molecule has 5 rings (SSSR count). The van der Waals surface area contributed by atoms with Crippen molar-refractivity contribution in [3.05, 3.63) is 20.8 Å². The lowest BCUT2D eigenvalue weighted by atomic mass is 9.44. The van der Waals surface area contributed by atoms with E-state index in [1.54, 1.807) is 11.3 Å². The lowest BCUT2D eigenvalue weighted by Gasteiger charge is -2.59. The maximum Gasteiger partial charge on any atom is 0.220 e. The van der Waals surface area contributed by atoms with Gasteiger partial charge in [-0.2, -0.15) is 0 Å². The van der Waals surface area contributed by atoms with Gasteiger partial charge in [0.15, 0.2) is 0 Å². The van der Waals surface area contributed by atoms with Gasteiger partial charge in [-0.3, -0.25) is 14.4 Å². The lowest BCUT2D eigenvalue weighted by Crippen LogP contribution is -2.57. The maximum absolute atomic E-state index is 13.6. The third-order valence-corrected chi connectivity index (χ3v) is 12.8. The molecular formula is C29H40BrNO3S. The highest BCUT2D eigenvalue weighted by atomic mass is 79.9. The van der Waals surface area contributed by atoms with Crippen LogP contribution in [0.2, 0.25) is 0 Å². The Morgan fingerprint density at radius 2 is 1.83 bits per heavy atom. The van der Waals surface area contributed by atoms with Gasteiger partial charge in [-0.25, -0.2) is 0 Å². The van der Waals surface area contributed by atoms with E-state index in [0.717, 1.165) is 40.8 Å². The molecule has 4 aliphatic rings. The van der Waals surface area contributed by atoms with Gasteiger partial charge in [-0.1, -0.05) is 20.8 Å². The van der Waals surface area contributed by atoms with Crippen molar-refractivity contribution in [2.45, 2.75) is 91.5 Å². The number of amides is 1. The van der Waals surface area contributed by atoms with Gasteiger partial charge in [0.2, 0.25) is 5.91 Å². The van der Waals surface area contributed by atoms with Crippen LogP contribution >= 0.6 is 27.3 Å². The average Bonchev–Trinajstić information content (AvgIpc) is 3.38. The van der Waals surface area contributed by atoms with E-state index in [1.165, 1.54) is 0 Å². The van der Waals surface area contributed by atoms with Crippen LogP contribution in [0.25, 0.3) is 0 Å². The Kier molecular flexibility index (Phi) is 6.87. The van der Waals surface area contributed by atoms with Crippen molar-refractivity contribution in [2.24, 2.45) is 46.3 Å². The quantitative estimate of drug-likeness (QED) is 0.416. The molecule has 6 heteroatoms. The molecule has 192 valence electrons. The number of carbonyl (C=O) groups excluding carboxylic acids is 3. The summed E-state index contributed by atoms with van der Waals surface area (Å²) in [6.07, 6.45) is 7.92. The predicted octanol–water partition coefficient (Wildman–Crippen LogP) is 7.12. The van der Waals surface area contributed by atoms with Crippen LogP contribution in [-0.2, 0) is 14.4 Å². The first-order chi connectivity index (χ1) is 16.5. The fourth-order valence-electron chi connectivity index (χ4n) is 9.07. The number of carbonyl (C=O) groups is 3. The van der Waals surface area contributed by atoms with Crippen LogP contribution in [0.1, 0.15) is 96.4 Å². The number of nitrogens with one attached hydrogen (secondary N) is 1. The summed E-state index contributed by atoms with van der Waals surface area (Å²) in [6.45, 7) is 9.13. The minimum Gasteiger partial charge on any atom is -0.349 e. The third-order valence-electron chi connectivity index (χ3n) is 11.0. The molecule has 0 aromatic carbocycles. The zero-order chi connectivity index (χ0) is 25.1. The molecule has 1 N–H and O–H groups in total. The highest BCUT2D eigenvalue weighted by Gasteiger charge is 2.63. The lowest BCUT2D eigenvalue weighted by molar-refractivity contribution is -0.159. The van der Waals surface area contributed by atoms with E-state index in [9.17, 15) is 14.4 Å². The van der Waals surface area contributed by atoms with Gasteiger partial charge in [0.1, 0.15) is 11.6 Å². The van der Waals surface area contributed by atoms with Crippen molar-refractivity contribution in [3.8, 4) is 0 Å². The van der Waals surface area contributed by atoms with Crippen molar-refractivity contribution in [1.82, 2.24) is 5.32 Å². The van der Waals surface area contributed by atoms with Crippen molar-refractivity contribution in [1.29, 1.82) is 0 Å². The highest BCUT2D eigenvalue weighted by molar-refractivity contribution is 9.11. The van der Waals surface area contributed by atoms with Crippen molar-refractivity contribution < 1.29 is 14.4 Å². The zero-order valence-corrected chi connectivity index (χ0v) is 24.0. The topological polar surface area (TPSA) is 63.2 Å². The first-order valence-corrected chi connectivity index (χ1v) is 15.2. The first-order valence-electron chi connectivity index (χ1n) is 13.6. The molecule has 1 aromatic rings. The number of hydrogen-bond acceptors (Lipinski definition) is 4. The summed E-state index contributed by atoms with van der Waals surface area (Å²) in [6, 6.07) is 4.12. The van der Waals surface area contributed by atoms with Crippen molar-refractivity contribution in [2.75, 3.05) is 0 Å². The molecule has 1 aromatic heterocycles. The molecule has 0 radical (unpaired) electrons. The fourth-order valence-corrected chi connectivity index (χ4v) is 10.5. The number of halogens is 1. The molecule has 1 amide bonds. The highest BCUT2D eigenvalue weighted by Crippen LogP contribution is 2.67. The standard InChI is InChI=1S/C29H40BrNO3S/c1-16(13-26(34)31-17(2)24-7-8-25(30)35-24)20-5-6-21-27-22(10-12-29(20,21)4)28(3)11-9-19(32)14-18(28)15-23(27)33/h7-8,16-18,20-22,27H,5-6,9-15H2,1-4H3,(H,31,34)/t16-,17?,18?,20?,21+,22+,27?,28?,29?/m1/s1. The number of hydrogen-bond donors (Lipinski definition) is 1. The SMILES string of the molecule is CC(NC(=O)C[C@@H](C)C1CC[C@H]2C3C(=O)CC4CC(=O)CCC4(C)[C@H]3CCC12C)c1ccc(Br)s1. The molecule has 9 atom stereocenters. The fraction of sp³-hybridized carbons (Fsp3) is 0.759. The van der Waals surface area contributed by atoms with Gasteiger partial charge in [-0.05, 0) is 108 Å². The molecule has 4 aliphatic carbocycles. The second kappa shape index (κ2) is 9.38. The third kappa shape index (κ3) is 4.39. The molecule has 4 saturated carbocycles. The van der Waals surface area contributed by atoms with Crippen LogP contribution in [0.4, 0.5) is 0 Å². The minimum absolute atomic E-state index is 0.0178.